The molecule has 0 aliphatic carbocycles. The summed E-state index contributed by atoms with van der Waals surface area (Å²) in [6, 6.07) is 16.3. The SMILES string of the molecule is COc1ccc(C2CC(c3cccs3)=NN2C(=O)Cn2c(C)nc3ccccc3c2=O)cc1OC. The molecule has 0 radical (unpaired) electrons. The summed E-state index contributed by atoms with van der Waals surface area (Å²) in [5, 5.41) is 8.65. The number of hydrogen-bond donors (Lipinski definition) is 0. The number of hydrogen-bond acceptors (Lipinski definition) is 7. The van der Waals surface area contributed by atoms with E-state index < -0.39 is 0 Å². The lowest BCUT2D eigenvalue weighted by Gasteiger charge is -2.23. The van der Waals surface area contributed by atoms with Crippen LogP contribution in [0.3, 0.4) is 0 Å². The van der Waals surface area contributed by atoms with Gasteiger partial charge in [-0.25, -0.2) is 9.99 Å². The fourth-order valence-corrected chi connectivity index (χ4v) is 5.05. The quantitative estimate of drug-likeness (QED) is 0.407. The van der Waals surface area contributed by atoms with Gasteiger partial charge < -0.3 is 9.47 Å². The van der Waals surface area contributed by atoms with Crippen LogP contribution in [0.25, 0.3) is 10.9 Å². The Kier molecular flexibility index (Phi) is 6.08. The highest BCUT2D eigenvalue weighted by atomic mass is 32.1. The molecule has 0 spiro atoms. The predicted molar refractivity (Wildman–Crippen MR) is 135 cm³/mol. The van der Waals surface area contributed by atoms with E-state index in [1.165, 1.54) is 9.58 Å². The summed E-state index contributed by atoms with van der Waals surface area (Å²) in [7, 11) is 3.16. The number of para-hydroxylation sites is 1. The van der Waals surface area contributed by atoms with E-state index in [4.69, 9.17) is 14.6 Å². The molecule has 0 saturated heterocycles. The number of carbonyl (C=O) groups excluding carboxylic acids is 1. The summed E-state index contributed by atoms with van der Waals surface area (Å²) in [5.74, 6) is 1.37. The summed E-state index contributed by atoms with van der Waals surface area (Å²) in [6.45, 7) is 1.57. The summed E-state index contributed by atoms with van der Waals surface area (Å²) in [4.78, 5) is 32.3. The van der Waals surface area contributed by atoms with E-state index in [-0.39, 0.29) is 24.1 Å². The largest absolute Gasteiger partial charge is 0.493 e. The molecule has 178 valence electrons. The lowest BCUT2D eigenvalue weighted by atomic mass is 10.0. The second kappa shape index (κ2) is 9.34. The van der Waals surface area contributed by atoms with E-state index in [9.17, 15) is 9.59 Å². The number of fused-ring (bicyclic) bond motifs is 1. The van der Waals surface area contributed by atoms with Crippen molar-refractivity contribution in [1.29, 1.82) is 0 Å². The molecule has 1 aliphatic heterocycles. The van der Waals surface area contributed by atoms with Gasteiger partial charge in [0.15, 0.2) is 11.5 Å². The Labute approximate surface area is 206 Å². The van der Waals surface area contributed by atoms with Gasteiger partial charge in [-0.2, -0.15) is 5.10 Å². The zero-order valence-corrected chi connectivity index (χ0v) is 20.4. The molecule has 0 bridgehead atoms. The molecule has 5 rings (SSSR count). The number of rotatable bonds is 6. The van der Waals surface area contributed by atoms with Gasteiger partial charge in [-0.1, -0.05) is 24.3 Å². The van der Waals surface area contributed by atoms with Crippen LogP contribution in [0, 0.1) is 6.92 Å². The minimum atomic E-state index is -0.344. The highest BCUT2D eigenvalue weighted by Gasteiger charge is 2.34. The molecule has 4 aromatic rings. The van der Waals surface area contributed by atoms with Gasteiger partial charge in [0.25, 0.3) is 11.5 Å². The third kappa shape index (κ3) is 4.19. The van der Waals surface area contributed by atoms with Gasteiger partial charge in [0.05, 0.1) is 41.8 Å². The second-order valence-electron chi connectivity index (χ2n) is 8.16. The van der Waals surface area contributed by atoms with Crippen LogP contribution >= 0.6 is 11.3 Å². The number of hydrazone groups is 1. The third-order valence-electron chi connectivity index (χ3n) is 6.11. The Morgan fingerprint density at radius 1 is 1.09 bits per heavy atom. The predicted octanol–water partition coefficient (Wildman–Crippen LogP) is 4.16. The average Bonchev–Trinajstić information content (AvgIpc) is 3.56. The summed E-state index contributed by atoms with van der Waals surface area (Å²) >= 11 is 1.58. The minimum Gasteiger partial charge on any atom is -0.493 e. The Morgan fingerprint density at radius 2 is 1.89 bits per heavy atom. The Bertz CT molecular complexity index is 1490. The van der Waals surface area contributed by atoms with Crippen molar-refractivity contribution in [2.75, 3.05) is 14.2 Å². The second-order valence-corrected chi connectivity index (χ2v) is 9.11. The molecule has 35 heavy (non-hydrogen) atoms. The van der Waals surface area contributed by atoms with Crippen molar-refractivity contribution >= 4 is 33.9 Å². The topological polar surface area (TPSA) is 86.0 Å². The van der Waals surface area contributed by atoms with Gasteiger partial charge >= 0.3 is 0 Å². The van der Waals surface area contributed by atoms with Gasteiger partial charge in [0, 0.05) is 6.42 Å². The summed E-state index contributed by atoms with van der Waals surface area (Å²) in [6.07, 6.45) is 0.547. The van der Waals surface area contributed by atoms with Gasteiger partial charge in [-0.05, 0) is 48.2 Å². The molecule has 0 saturated carbocycles. The number of aromatic nitrogens is 2. The number of methoxy groups -OCH3 is 2. The van der Waals surface area contributed by atoms with Crippen molar-refractivity contribution in [3.8, 4) is 11.5 Å². The normalized spacial score (nSPS) is 15.3. The van der Waals surface area contributed by atoms with E-state index in [0.29, 0.717) is 34.6 Å². The molecule has 2 aromatic carbocycles. The molecule has 2 aromatic heterocycles. The molecule has 8 nitrogen and oxygen atoms in total. The van der Waals surface area contributed by atoms with Crippen LogP contribution in [0.1, 0.15) is 28.7 Å². The van der Waals surface area contributed by atoms with Crippen molar-refractivity contribution in [1.82, 2.24) is 14.6 Å². The summed E-state index contributed by atoms with van der Waals surface area (Å²) < 4.78 is 12.3. The van der Waals surface area contributed by atoms with Crippen molar-refractivity contribution in [2.45, 2.75) is 25.9 Å². The Balaban J connectivity index is 1.53. The average molecular weight is 489 g/mol. The molecule has 3 heterocycles. The van der Waals surface area contributed by atoms with Crippen LogP contribution in [0.2, 0.25) is 0 Å². The number of ether oxygens (including phenoxy) is 2. The zero-order valence-electron chi connectivity index (χ0n) is 19.6. The number of thiophene rings is 1. The van der Waals surface area contributed by atoms with Crippen LogP contribution in [0.15, 0.2) is 69.9 Å². The molecule has 1 amide bonds. The monoisotopic (exact) mass is 488 g/mol. The molecule has 9 heteroatoms. The van der Waals surface area contributed by atoms with Crippen molar-refractivity contribution < 1.29 is 14.3 Å². The van der Waals surface area contributed by atoms with Crippen LogP contribution < -0.4 is 15.0 Å². The maximum absolute atomic E-state index is 13.6. The molecular formula is C26H24N4O4S. The van der Waals surface area contributed by atoms with Crippen molar-refractivity contribution in [3.05, 3.63) is 86.6 Å². The van der Waals surface area contributed by atoms with Crippen LogP contribution in [0.4, 0.5) is 0 Å². The van der Waals surface area contributed by atoms with Gasteiger partial charge in [0.1, 0.15) is 12.4 Å². The van der Waals surface area contributed by atoms with E-state index in [1.54, 1.807) is 50.7 Å². The number of amides is 1. The molecule has 0 N–H and O–H groups in total. The standard InChI is InChI=1S/C26H24N4O4S/c1-16-27-19-8-5-4-7-18(19)26(32)29(16)15-25(31)30-21(14-20(28-30)24-9-6-12-35-24)17-10-11-22(33-2)23(13-17)34-3/h4-13,21H,14-15H2,1-3H3. The molecular weight excluding hydrogens is 464 g/mol. The van der Waals surface area contributed by atoms with Crippen molar-refractivity contribution in [3.63, 3.8) is 0 Å². The van der Waals surface area contributed by atoms with E-state index in [0.717, 1.165) is 16.2 Å². The summed E-state index contributed by atoms with van der Waals surface area (Å²) in [5.41, 5.74) is 2.06. The maximum atomic E-state index is 13.6. The third-order valence-corrected chi connectivity index (χ3v) is 7.03. The number of carbonyl (C=O) groups is 1. The fourth-order valence-electron chi connectivity index (χ4n) is 4.32. The van der Waals surface area contributed by atoms with Gasteiger partial charge in [-0.3, -0.25) is 14.2 Å². The Morgan fingerprint density at radius 3 is 2.63 bits per heavy atom. The lowest BCUT2D eigenvalue weighted by Crippen LogP contribution is -2.35. The first-order valence-electron chi connectivity index (χ1n) is 11.1. The first kappa shape index (κ1) is 22.8. The van der Waals surface area contributed by atoms with Crippen LogP contribution in [0.5, 0.6) is 11.5 Å². The molecule has 0 fully saturated rings. The number of benzene rings is 2. The first-order valence-corrected chi connectivity index (χ1v) is 12.0. The molecule has 1 atom stereocenters. The zero-order chi connectivity index (χ0) is 24.5. The number of aryl methyl sites for hydroxylation is 1. The van der Waals surface area contributed by atoms with E-state index >= 15 is 0 Å². The minimum absolute atomic E-state index is 0.159. The van der Waals surface area contributed by atoms with Gasteiger partial charge in [0.2, 0.25) is 0 Å². The van der Waals surface area contributed by atoms with E-state index in [2.05, 4.69) is 4.98 Å². The van der Waals surface area contributed by atoms with Crippen LogP contribution in [-0.4, -0.2) is 40.4 Å². The van der Waals surface area contributed by atoms with Crippen LogP contribution in [-0.2, 0) is 11.3 Å². The highest BCUT2D eigenvalue weighted by Crippen LogP contribution is 2.38. The highest BCUT2D eigenvalue weighted by molar-refractivity contribution is 7.12. The maximum Gasteiger partial charge on any atom is 0.263 e. The first-order chi connectivity index (χ1) is 17.0. The fraction of sp³-hybridized carbons (Fsp3) is 0.231. The molecule has 1 unspecified atom stereocenters. The van der Waals surface area contributed by atoms with Crippen molar-refractivity contribution in [2.24, 2.45) is 5.10 Å². The van der Waals surface area contributed by atoms with E-state index in [1.807, 2.05) is 41.8 Å². The van der Waals surface area contributed by atoms with Gasteiger partial charge in [-0.15, -0.1) is 11.3 Å². The Hall–Kier alpha value is -3.98. The smallest absolute Gasteiger partial charge is 0.263 e. The molecule has 1 aliphatic rings. The lowest BCUT2D eigenvalue weighted by molar-refractivity contribution is -0.133. The number of nitrogens with zero attached hydrogens (tertiary/aromatic N) is 4.